The summed E-state index contributed by atoms with van der Waals surface area (Å²) in [5.41, 5.74) is -0.249. The standard InChI is InChI=1S/C15H29N5O/c1-6-16-14(17-8-7-12(2)3)18-11-15(4,21)13-9-19-20(5)10-13/h9-10,12,21H,6-8,11H2,1-5H3,(H2,16,17,18). The number of hydrogen-bond acceptors (Lipinski definition) is 3. The molecule has 6 heteroatoms. The fourth-order valence-corrected chi connectivity index (χ4v) is 1.84. The lowest BCUT2D eigenvalue weighted by molar-refractivity contribution is 0.0672. The molecule has 0 aliphatic rings. The van der Waals surface area contributed by atoms with Gasteiger partial charge in [-0.3, -0.25) is 4.68 Å². The predicted molar refractivity (Wildman–Crippen MR) is 86.2 cm³/mol. The molecule has 0 aliphatic carbocycles. The van der Waals surface area contributed by atoms with Crippen molar-refractivity contribution in [2.45, 2.75) is 39.7 Å². The summed E-state index contributed by atoms with van der Waals surface area (Å²) in [5.74, 6) is 1.39. The summed E-state index contributed by atoms with van der Waals surface area (Å²) >= 11 is 0. The average molecular weight is 295 g/mol. The molecule has 0 fully saturated rings. The maximum absolute atomic E-state index is 10.5. The van der Waals surface area contributed by atoms with Crippen molar-refractivity contribution in [2.75, 3.05) is 19.6 Å². The lowest BCUT2D eigenvalue weighted by Gasteiger charge is -2.20. The van der Waals surface area contributed by atoms with Crippen LogP contribution in [0.3, 0.4) is 0 Å². The topological polar surface area (TPSA) is 74.5 Å². The monoisotopic (exact) mass is 295 g/mol. The van der Waals surface area contributed by atoms with Gasteiger partial charge in [-0.1, -0.05) is 13.8 Å². The fraction of sp³-hybridized carbons (Fsp3) is 0.733. The van der Waals surface area contributed by atoms with E-state index in [1.54, 1.807) is 17.8 Å². The molecule has 1 aromatic heterocycles. The van der Waals surface area contributed by atoms with Crippen molar-refractivity contribution in [1.82, 2.24) is 20.4 Å². The maximum atomic E-state index is 10.5. The molecule has 1 rings (SSSR count). The Labute approximate surface area is 127 Å². The number of aryl methyl sites for hydroxylation is 1. The Kier molecular flexibility index (Phi) is 6.68. The highest BCUT2D eigenvalue weighted by molar-refractivity contribution is 5.79. The second-order valence-electron chi connectivity index (χ2n) is 5.98. The van der Waals surface area contributed by atoms with Crippen LogP contribution in [0, 0.1) is 5.92 Å². The van der Waals surface area contributed by atoms with Crippen molar-refractivity contribution < 1.29 is 5.11 Å². The Morgan fingerprint density at radius 2 is 2.19 bits per heavy atom. The second-order valence-corrected chi connectivity index (χ2v) is 5.98. The molecule has 1 unspecified atom stereocenters. The summed E-state index contributed by atoms with van der Waals surface area (Å²) < 4.78 is 1.68. The summed E-state index contributed by atoms with van der Waals surface area (Å²) in [4.78, 5) is 4.48. The third kappa shape index (κ3) is 6.16. The molecule has 1 aromatic rings. The first-order valence-corrected chi connectivity index (χ1v) is 7.59. The third-order valence-electron chi connectivity index (χ3n) is 3.23. The lowest BCUT2D eigenvalue weighted by atomic mass is 10.0. The van der Waals surface area contributed by atoms with Crippen molar-refractivity contribution >= 4 is 5.96 Å². The average Bonchev–Trinajstić information content (AvgIpc) is 2.83. The molecule has 0 saturated heterocycles. The number of nitrogens with one attached hydrogen (secondary N) is 2. The Hall–Kier alpha value is -1.56. The van der Waals surface area contributed by atoms with Crippen LogP contribution in [0.5, 0.6) is 0 Å². The zero-order chi connectivity index (χ0) is 15.9. The van der Waals surface area contributed by atoms with Gasteiger partial charge in [-0.25, -0.2) is 4.99 Å². The van der Waals surface area contributed by atoms with E-state index in [1.165, 1.54) is 0 Å². The van der Waals surface area contributed by atoms with Crippen LogP contribution in [-0.4, -0.2) is 40.5 Å². The van der Waals surface area contributed by atoms with Crippen molar-refractivity contribution in [3.63, 3.8) is 0 Å². The first-order chi connectivity index (χ1) is 9.85. The van der Waals surface area contributed by atoms with Crippen molar-refractivity contribution in [2.24, 2.45) is 18.0 Å². The number of aliphatic hydroxyl groups is 1. The summed E-state index contributed by atoms with van der Waals surface area (Å²) in [6.07, 6.45) is 4.58. The summed E-state index contributed by atoms with van der Waals surface area (Å²) in [6, 6.07) is 0. The van der Waals surface area contributed by atoms with E-state index in [4.69, 9.17) is 0 Å². The van der Waals surface area contributed by atoms with E-state index in [0.717, 1.165) is 31.0 Å². The summed E-state index contributed by atoms with van der Waals surface area (Å²) in [5, 5.41) is 21.1. The van der Waals surface area contributed by atoms with Crippen LogP contribution in [0.1, 0.15) is 39.7 Å². The van der Waals surface area contributed by atoms with Crippen molar-refractivity contribution in [3.8, 4) is 0 Å². The van der Waals surface area contributed by atoms with Gasteiger partial charge in [0, 0.05) is 31.9 Å². The van der Waals surface area contributed by atoms with Gasteiger partial charge in [0.2, 0.25) is 0 Å². The minimum absolute atomic E-state index is 0.287. The van der Waals surface area contributed by atoms with Crippen molar-refractivity contribution in [1.29, 1.82) is 0 Å². The van der Waals surface area contributed by atoms with Crippen LogP contribution in [-0.2, 0) is 12.6 Å². The SMILES string of the molecule is CCNC(=NCC(C)(O)c1cnn(C)c1)NCCC(C)C. The van der Waals surface area contributed by atoms with Crippen LogP contribution in [0.25, 0.3) is 0 Å². The van der Waals surface area contributed by atoms with Gasteiger partial charge < -0.3 is 15.7 Å². The van der Waals surface area contributed by atoms with Gasteiger partial charge in [-0.05, 0) is 26.2 Å². The molecule has 21 heavy (non-hydrogen) atoms. The quantitative estimate of drug-likeness (QED) is 0.522. The van der Waals surface area contributed by atoms with E-state index < -0.39 is 5.60 Å². The van der Waals surface area contributed by atoms with Crippen LogP contribution < -0.4 is 10.6 Å². The van der Waals surface area contributed by atoms with Gasteiger partial charge >= 0.3 is 0 Å². The largest absolute Gasteiger partial charge is 0.383 e. The highest BCUT2D eigenvalue weighted by Crippen LogP contribution is 2.19. The van der Waals surface area contributed by atoms with Gasteiger partial charge in [0.25, 0.3) is 0 Å². The number of rotatable bonds is 7. The molecule has 0 radical (unpaired) electrons. The molecule has 120 valence electrons. The molecule has 1 atom stereocenters. The minimum Gasteiger partial charge on any atom is -0.383 e. The Balaban J connectivity index is 2.63. The van der Waals surface area contributed by atoms with E-state index in [-0.39, 0.29) is 6.54 Å². The predicted octanol–water partition coefficient (Wildman–Crippen LogP) is 1.23. The van der Waals surface area contributed by atoms with Gasteiger partial charge in [0.1, 0.15) is 5.60 Å². The molecule has 0 aliphatic heterocycles. The molecule has 6 nitrogen and oxygen atoms in total. The molecule has 0 spiro atoms. The van der Waals surface area contributed by atoms with E-state index >= 15 is 0 Å². The Morgan fingerprint density at radius 1 is 1.48 bits per heavy atom. The minimum atomic E-state index is -1.02. The molecule has 1 heterocycles. The van der Waals surface area contributed by atoms with Gasteiger partial charge in [0.05, 0.1) is 12.7 Å². The zero-order valence-corrected chi connectivity index (χ0v) is 13.8. The van der Waals surface area contributed by atoms with Crippen LogP contribution >= 0.6 is 0 Å². The molecule has 0 amide bonds. The first kappa shape index (κ1) is 17.5. The van der Waals surface area contributed by atoms with Crippen LogP contribution in [0.15, 0.2) is 17.4 Å². The molecule has 0 bridgehead atoms. The normalized spacial score (nSPS) is 15.1. The molecular weight excluding hydrogens is 266 g/mol. The van der Waals surface area contributed by atoms with Crippen LogP contribution in [0.2, 0.25) is 0 Å². The third-order valence-corrected chi connectivity index (χ3v) is 3.23. The first-order valence-electron chi connectivity index (χ1n) is 7.59. The smallest absolute Gasteiger partial charge is 0.191 e. The Morgan fingerprint density at radius 3 is 2.71 bits per heavy atom. The number of nitrogens with zero attached hydrogens (tertiary/aromatic N) is 3. The summed E-state index contributed by atoms with van der Waals surface area (Å²) in [6.45, 7) is 10.1. The van der Waals surface area contributed by atoms with Gasteiger partial charge in [-0.15, -0.1) is 0 Å². The molecular formula is C15H29N5O. The lowest BCUT2D eigenvalue weighted by Crippen LogP contribution is -2.39. The van der Waals surface area contributed by atoms with Gasteiger partial charge in [-0.2, -0.15) is 5.10 Å². The van der Waals surface area contributed by atoms with E-state index in [1.807, 2.05) is 20.2 Å². The second kappa shape index (κ2) is 8.02. The molecule has 0 saturated carbocycles. The highest BCUT2D eigenvalue weighted by Gasteiger charge is 2.24. The van der Waals surface area contributed by atoms with E-state index in [0.29, 0.717) is 5.92 Å². The van der Waals surface area contributed by atoms with Crippen LogP contribution in [0.4, 0.5) is 0 Å². The maximum Gasteiger partial charge on any atom is 0.191 e. The molecule has 0 aromatic carbocycles. The summed E-state index contributed by atoms with van der Waals surface area (Å²) in [7, 11) is 1.83. The fourth-order valence-electron chi connectivity index (χ4n) is 1.84. The van der Waals surface area contributed by atoms with E-state index in [9.17, 15) is 5.11 Å². The number of aliphatic imine (C=N–C) groups is 1. The van der Waals surface area contributed by atoms with Crippen molar-refractivity contribution in [3.05, 3.63) is 18.0 Å². The number of aromatic nitrogens is 2. The number of guanidine groups is 1. The molecule has 3 N–H and O–H groups in total. The number of hydrogen-bond donors (Lipinski definition) is 3. The highest BCUT2D eigenvalue weighted by atomic mass is 16.3. The van der Waals surface area contributed by atoms with Gasteiger partial charge in [0.15, 0.2) is 5.96 Å². The van der Waals surface area contributed by atoms with E-state index in [2.05, 4.69) is 34.6 Å². The zero-order valence-electron chi connectivity index (χ0n) is 13.8. The Bertz CT molecular complexity index is 451.